The Hall–Kier alpha value is -0.260. The van der Waals surface area contributed by atoms with Crippen LogP contribution in [0.3, 0.4) is 0 Å². The first-order valence-electron chi connectivity index (χ1n) is 8.03. The molecule has 3 saturated carbocycles. The summed E-state index contributed by atoms with van der Waals surface area (Å²) in [5.74, 6) is 5.57. The van der Waals surface area contributed by atoms with E-state index >= 15 is 0 Å². The highest BCUT2D eigenvalue weighted by Gasteiger charge is 2.47. The first-order chi connectivity index (χ1) is 8.34. The summed E-state index contributed by atoms with van der Waals surface area (Å²) in [5, 5.41) is 0. The number of rotatable bonds is 0. The van der Waals surface area contributed by atoms with Crippen LogP contribution in [0.1, 0.15) is 64.7 Å². The number of allylic oxidation sites excluding steroid dienone is 2. The van der Waals surface area contributed by atoms with Crippen molar-refractivity contribution in [2.24, 2.45) is 29.6 Å². The fourth-order valence-electron chi connectivity index (χ4n) is 6.07. The van der Waals surface area contributed by atoms with E-state index in [2.05, 4.69) is 6.92 Å². The van der Waals surface area contributed by atoms with Gasteiger partial charge < -0.3 is 0 Å². The Balaban J connectivity index is 1.62. The molecule has 0 aliphatic heterocycles. The lowest BCUT2D eigenvalue weighted by Crippen LogP contribution is -2.38. The second-order valence-electron chi connectivity index (χ2n) is 7.25. The summed E-state index contributed by atoms with van der Waals surface area (Å²) in [7, 11) is 0. The minimum absolute atomic E-state index is 1.04. The van der Waals surface area contributed by atoms with E-state index in [-0.39, 0.29) is 0 Å². The van der Waals surface area contributed by atoms with Crippen molar-refractivity contribution in [3.05, 3.63) is 11.1 Å². The van der Waals surface area contributed by atoms with Crippen LogP contribution >= 0.6 is 0 Å². The third kappa shape index (κ3) is 1.48. The predicted molar refractivity (Wildman–Crippen MR) is 71.7 cm³/mol. The first-order valence-corrected chi connectivity index (χ1v) is 8.03. The molecule has 0 radical (unpaired) electrons. The molecular formula is C17H26. The average molecular weight is 230 g/mol. The van der Waals surface area contributed by atoms with Gasteiger partial charge in [-0.25, -0.2) is 0 Å². The normalized spacial score (nSPS) is 48.9. The van der Waals surface area contributed by atoms with Gasteiger partial charge in [-0.1, -0.05) is 24.0 Å². The van der Waals surface area contributed by atoms with E-state index in [1.807, 2.05) is 5.57 Å². The van der Waals surface area contributed by atoms with Gasteiger partial charge in [-0.05, 0) is 81.5 Å². The molecule has 4 aliphatic carbocycles. The Kier molecular flexibility index (Phi) is 2.42. The zero-order chi connectivity index (χ0) is 11.4. The predicted octanol–water partition coefficient (Wildman–Crippen LogP) is 4.95. The van der Waals surface area contributed by atoms with Gasteiger partial charge in [0, 0.05) is 0 Å². The maximum atomic E-state index is 2.41. The third-order valence-electron chi connectivity index (χ3n) is 6.78. The molecule has 17 heavy (non-hydrogen) atoms. The molecule has 0 heteroatoms. The van der Waals surface area contributed by atoms with E-state index < -0.39 is 0 Å². The standard InChI is InChI=1S/C17H26/c1-11-5-7-15-13(11)9-10-16-14-4-2-3-12(14)6-8-17(15)16/h12,14-17H,2-10H2,1H3. The molecule has 0 spiro atoms. The van der Waals surface area contributed by atoms with Gasteiger partial charge in [-0.15, -0.1) is 0 Å². The van der Waals surface area contributed by atoms with Crippen LogP contribution in [0.5, 0.6) is 0 Å². The summed E-state index contributed by atoms with van der Waals surface area (Å²) in [6.45, 7) is 2.41. The lowest BCUT2D eigenvalue weighted by Gasteiger charge is -2.47. The summed E-state index contributed by atoms with van der Waals surface area (Å²) < 4.78 is 0. The van der Waals surface area contributed by atoms with E-state index in [1.165, 1.54) is 19.3 Å². The molecule has 0 aromatic heterocycles. The molecule has 3 fully saturated rings. The summed E-state index contributed by atoms with van der Waals surface area (Å²) in [6, 6.07) is 0. The molecule has 0 nitrogen and oxygen atoms in total. The van der Waals surface area contributed by atoms with Crippen molar-refractivity contribution in [2.45, 2.75) is 64.7 Å². The second kappa shape index (κ2) is 3.87. The van der Waals surface area contributed by atoms with E-state index in [1.54, 1.807) is 44.1 Å². The molecule has 0 bridgehead atoms. The Bertz CT molecular complexity index is 351. The maximum absolute atomic E-state index is 2.41. The Morgan fingerprint density at radius 1 is 0.765 bits per heavy atom. The first kappa shape index (κ1) is 10.6. The number of hydrogen-bond donors (Lipinski definition) is 0. The largest absolute Gasteiger partial charge is 0.0738 e. The second-order valence-corrected chi connectivity index (χ2v) is 7.25. The van der Waals surface area contributed by atoms with Crippen LogP contribution in [0.25, 0.3) is 0 Å². The number of hydrogen-bond acceptors (Lipinski definition) is 0. The van der Waals surface area contributed by atoms with Gasteiger partial charge >= 0.3 is 0 Å². The SMILES string of the molecule is CC1=C2CCC3C4CCCC4CCC3C2CC1. The van der Waals surface area contributed by atoms with Crippen LogP contribution in [0, 0.1) is 29.6 Å². The zero-order valence-corrected chi connectivity index (χ0v) is 11.3. The monoisotopic (exact) mass is 230 g/mol. The van der Waals surface area contributed by atoms with Crippen molar-refractivity contribution in [2.75, 3.05) is 0 Å². The van der Waals surface area contributed by atoms with Crippen molar-refractivity contribution in [1.82, 2.24) is 0 Å². The molecule has 0 heterocycles. The van der Waals surface area contributed by atoms with E-state index in [9.17, 15) is 0 Å². The van der Waals surface area contributed by atoms with Crippen molar-refractivity contribution in [1.29, 1.82) is 0 Å². The van der Waals surface area contributed by atoms with Crippen LogP contribution in [-0.4, -0.2) is 0 Å². The Morgan fingerprint density at radius 2 is 1.71 bits per heavy atom. The van der Waals surface area contributed by atoms with Crippen molar-refractivity contribution in [3.8, 4) is 0 Å². The van der Waals surface area contributed by atoms with Crippen LogP contribution < -0.4 is 0 Å². The van der Waals surface area contributed by atoms with Crippen LogP contribution in [-0.2, 0) is 0 Å². The van der Waals surface area contributed by atoms with Crippen molar-refractivity contribution < 1.29 is 0 Å². The lowest BCUT2D eigenvalue weighted by molar-refractivity contribution is 0.0556. The molecule has 0 aromatic rings. The topological polar surface area (TPSA) is 0 Å². The van der Waals surface area contributed by atoms with Gasteiger partial charge in [0.1, 0.15) is 0 Å². The van der Waals surface area contributed by atoms with Crippen molar-refractivity contribution >= 4 is 0 Å². The highest BCUT2D eigenvalue weighted by molar-refractivity contribution is 5.25. The molecule has 0 amide bonds. The zero-order valence-electron chi connectivity index (χ0n) is 11.3. The molecule has 5 unspecified atom stereocenters. The number of fused-ring (bicyclic) bond motifs is 5. The molecule has 0 saturated heterocycles. The van der Waals surface area contributed by atoms with Gasteiger partial charge in [-0.3, -0.25) is 0 Å². The fraction of sp³-hybridized carbons (Fsp3) is 0.882. The third-order valence-corrected chi connectivity index (χ3v) is 6.78. The van der Waals surface area contributed by atoms with Gasteiger partial charge in [0.05, 0.1) is 0 Å². The lowest BCUT2D eigenvalue weighted by atomic mass is 9.58. The average Bonchev–Trinajstić information content (AvgIpc) is 2.95. The molecule has 5 atom stereocenters. The van der Waals surface area contributed by atoms with Crippen LogP contribution in [0.2, 0.25) is 0 Å². The van der Waals surface area contributed by atoms with Gasteiger partial charge in [0.15, 0.2) is 0 Å². The minimum atomic E-state index is 1.04. The van der Waals surface area contributed by atoms with E-state index in [0.29, 0.717) is 0 Å². The highest BCUT2D eigenvalue weighted by Crippen LogP contribution is 2.58. The Labute approximate surface area is 106 Å². The van der Waals surface area contributed by atoms with E-state index in [4.69, 9.17) is 0 Å². The van der Waals surface area contributed by atoms with Crippen LogP contribution in [0.4, 0.5) is 0 Å². The van der Waals surface area contributed by atoms with E-state index in [0.717, 1.165) is 29.6 Å². The highest BCUT2D eigenvalue weighted by atomic mass is 14.5. The van der Waals surface area contributed by atoms with Crippen molar-refractivity contribution in [3.63, 3.8) is 0 Å². The van der Waals surface area contributed by atoms with Crippen LogP contribution in [0.15, 0.2) is 11.1 Å². The molecule has 0 aromatic carbocycles. The smallest absolute Gasteiger partial charge is 0.0166 e. The van der Waals surface area contributed by atoms with Gasteiger partial charge in [0.2, 0.25) is 0 Å². The summed E-state index contributed by atoms with van der Waals surface area (Å²) >= 11 is 0. The quantitative estimate of drug-likeness (QED) is 0.517. The minimum Gasteiger partial charge on any atom is -0.0738 e. The summed E-state index contributed by atoms with van der Waals surface area (Å²) in [5.41, 5.74) is 3.70. The fourth-order valence-corrected chi connectivity index (χ4v) is 6.07. The summed E-state index contributed by atoms with van der Waals surface area (Å²) in [4.78, 5) is 0. The maximum Gasteiger partial charge on any atom is -0.0166 e. The molecular weight excluding hydrogens is 204 g/mol. The molecule has 4 rings (SSSR count). The molecule has 4 aliphatic rings. The van der Waals surface area contributed by atoms with Gasteiger partial charge in [-0.2, -0.15) is 0 Å². The molecule has 94 valence electrons. The molecule has 0 N–H and O–H groups in total. The summed E-state index contributed by atoms with van der Waals surface area (Å²) in [6.07, 6.45) is 13.8. The Morgan fingerprint density at radius 3 is 2.65 bits per heavy atom. The van der Waals surface area contributed by atoms with Gasteiger partial charge in [0.25, 0.3) is 0 Å².